The number of aliphatic hydroxyl groups is 1. The minimum atomic E-state index is -0.317. The summed E-state index contributed by atoms with van der Waals surface area (Å²) in [6, 6.07) is 2.64. The molecule has 1 N–H and O–H groups in total. The van der Waals surface area contributed by atoms with Crippen molar-refractivity contribution in [3.63, 3.8) is 0 Å². The molecule has 138 valence electrons. The maximum absolute atomic E-state index is 10.7. The summed E-state index contributed by atoms with van der Waals surface area (Å²) in [6.45, 7) is 4.91. The third-order valence-corrected chi connectivity index (χ3v) is 9.92. The topological polar surface area (TPSA) is 53.2 Å². The second-order valence-electron chi connectivity index (χ2n) is 10.7. The van der Waals surface area contributed by atoms with Crippen LogP contribution in [0.3, 0.4) is 0 Å². The monoisotopic (exact) mass is 343 g/mol. The summed E-state index contributed by atoms with van der Waals surface area (Å²) in [5, 5.41) is 20.4. The molecule has 0 heterocycles. The van der Waals surface area contributed by atoms with Crippen LogP contribution in [0.25, 0.3) is 0 Å². The van der Waals surface area contributed by atoms with Crippen LogP contribution in [-0.2, 0) is 4.74 Å². The second-order valence-corrected chi connectivity index (χ2v) is 10.7. The average Bonchev–Trinajstić information content (AvgIpc) is 3.08. The SMILES string of the molecule is CO[C@H]1C[C@]2(C)[C@@H](C#N)CC[C@H]2[C@@H]2CC[C@H]3C[C@@]4(O)C[C@@H]4C[C@]3(C)[C@H]21. The zero-order valence-electron chi connectivity index (χ0n) is 16.0. The molecule has 0 aromatic rings. The summed E-state index contributed by atoms with van der Waals surface area (Å²) < 4.78 is 6.14. The molecule has 5 saturated carbocycles. The van der Waals surface area contributed by atoms with Crippen molar-refractivity contribution in [2.24, 2.45) is 46.3 Å². The fraction of sp³-hybridized carbons (Fsp3) is 0.955. The molecule has 0 unspecified atom stereocenters. The fourth-order valence-corrected chi connectivity index (χ4v) is 8.55. The van der Waals surface area contributed by atoms with E-state index in [1.54, 1.807) is 0 Å². The Morgan fingerprint density at radius 1 is 0.960 bits per heavy atom. The highest BCUT2D eigenvalue weighted by molar-refractivity contribution is 5.19. The minimum absolute atomic E-state index is 0.148. The van der Waals surface area contributed by atoms with Gasteiger partial charge in [0.25, 0.3) is 0 Å². The van der Waals surface area contributed by atoms with E-state index in [0.717, 1.165) is 25.7 Å². The fourth-order valence-electron chi connectivity index (χ4n) is 8.55. The van der Waals surface area contributed by atoms with Gasteiger partial charge in [-0.3, -0.25) is 0 Å². The van der Waals surface area contributed by atoms with Gasteiger partial charge in [-0.1, -0.05) is 13.8 Å². The molecular weight excluding hydrogens is 310 g/mol. The Balaban J connectivity index is 1.52. The van der Waals surface area contributed by atoms with Gasteiger partial charge in [-0.25, -0.2) is 0 Å². The first-order valence-electron chi connectivity index (χ1n) is 10.5. The normalized spacial score (nSPS) is 62.1. The molecule has 0 aliphatic heterocycles. The van der Waals surface area contributed by atoms with Gasteiger partial charge in [0.05, 0.1) is 23.7 Å². The maximum atomic E-state index is 10.7. The Labute approximate surface area is 152 Å². The predicted molar refractivity (Wildman–Crippen MR) is 95.4 cm³/mol. The van der Waals surface area contributed by atoms with E-state index in [9.17, 15) is 10.4 Å². The van der Waals surface area contributed by atoms with Gasteiger partial charge >= 0.3 is 0 Å². The number of nitrogens with zero attached hydrogens (tertiary/aromatic N) is 1. The highest BCUT2D eigenvalue weighted by Crippen LogP contribution is 2.71. The quantitative estimate of drug-likeness (QED) is 0.778. The van der Waals surface area contributed by atoms with Crippen molar-refractivity contribution in [1.29, 1.82) is 5.26 Å². The van der Waals surface area contributed by atoms with E-state index < -0.39 is 0 Å². The number of ether oxygens (including phenoxy) is 1. The highest BCUT2D eigenvalue weighted by atomic mass is 16.5. The smallest absolute Gasteiger partial charge is 0.0683 e. The lowest BCUT2D eigenvalue weighted by molar-refractivity contribution is -0.184. The second kappa shape index (κ2) is 5.02. The summed E-state index contributed by atoms with van der Waals surface area (Å²) in [5.41, 5.74) is 0.153. The Morgan fingerprint density at radius 2 is 1.72 bits per heavy atom. The average molecular weight is 344 g/mol. The van der Waals surface area contributed by atoms with Gasteiger partial charge in [0.1, 0.15) is 0 Å². The molecule has 0 spiro atoms. The number of rotatable bonds is 1. The van der Waals surface area contributed by atoms with E-state index in [1.807, 2.05) is 7.11 Å². The standard InChI is InChI=1S/C22H33NO2/c1-20-11-18(25-3)19-16(17(20)7-5-14(20)12-23)6-4-13-9-22(24)10-15(22)8-21(13,19)2/h13-19,24H,4-11H2,1-3H3/t13-,14+,15-,16-,17-,18-,19+,20+,21-,22+/m0/s1. The summed E-state index contributed by atoms with van der Waals surface area (Å²) in [5.74, 6) is 3.44. The van der Waals surface area contributed by atoms with Crippen molar-refractivity contribution in [2.75, 3.05) is 7.11 Å². The first-order valence-corrected chi connectivity index (χ1v) is 10.5. The van der Waals surface area contributed by atoms with Gasteiger partial charge in [-0.2, -0.15) is 5.26 Å². The summed E-state index contributed by atoms with van der Waals surface area (Å²) in [4.78, 5) is 0. The zero-order chi connectivity index (χ0) is 17.6. The molecule has 5 aliphatic rings. The van der Waals surface area contributed by atoms with Crippen LogP contribution in [0, 0.1) is 57.7 Å². The molecule has 0 aromatic carbocycles. The molecule has 5 rings (SSSR count). The lowest BCUT2D eigenvalue weighted by atomic mass is 9.44. The van der Waals surface area contributed by atoms with Crippen LogP contribution in [-0.4, -0.2) is 23.9 Å². The number of fused-ring (bicyclic) bond motifs is 6. The Hall–Kier alpha value is -0.590. The van der Waals surface area contributed by atoms with Crippen molar-refractivity contribution < 1.29 is 9.84 Å². The Kier molecular flexibility index (Phi) is 3.33. The Bertz CT molecular complexity index is 628. The van der Waals surface area contributed by atoms with Crippen molar-refractivity contribution in [1.82, 2.24) is 0 Å². The van der Waals surface area contributed by atoms with Crippen LogP contribution in [0.4, 0.5) is 0 Å². The van der Waals surface area contributed by atoms with Gasteiger partial charge in [-0.15, -0.1) is 0 Å². The van der Waals surface area contributed by atoms with E-state index >= 15 is 0 Å². The third kappa shape index (κ3) is 1.99. The Morgan fingerprint density at radius 3 is 2.44 bits per heavy atom. The van der Waals surface area contributed by atoms with Crippen molar-refractivity contribution in [3.8, 4) is 6.07 Å². The van der Waals surface area contributed by atoms with E-state index in [1.165, 1.54) is 25.7 Å². The highest BCUT2D eigenvalue weighted by Gasteiger charge is 2.69. The van der Waals surface area contributed by atoms with Crippen molar-refractivity contribution in [3.05, 3.63) is 0 Å². The zero-order valence-corrected chi connectivity index (χ0v) is 16.0. The molecule has 0 amide bonds. The first-order chi connectivity index (χ1) is 11.9. The van der Waals surface area contributed by atoms with Gasteiger partial charge in [-0.05, 0) is 91.8 Å². The summed E-state index contributed by atoms with van der Waals surface area (Å²) in [7, 11) is 1.89. The van der Waals surface area contributed by atoms with E-state index in [2.05, 4.69) is 19.9 Å². The van der Waals surface area contributed by atoms with Crippen LogP contribution in [0.15, 0.2) is 0 Å². The summed E-state index contributed by atoms with van der Waals surface area (Å²) in [6.07, 6.45) is 9.47. The van der Waals surface area contributed by atoms with Crippen molar-refractivity contribution in [2.45, 2.75) is 76.9 Å². The first kappa shape index (κ1) is 16.6. The van der Waals surface area contributed by atoms with Crippen LogP contribution >= 0.6 is 0 Å². The van der Waals surface area contributed by atoms with Gasteiger partial charge in [0.15, 0.2) is 0 Å². The predicted octanol–water partition coefficient (Wildman–Crippen LogP) is 4.15. The van der Waals surface area contributed by atoms with Crippen LogP contribution < -0.4 is 0 Å². The number of hydrogen-bond donors (Lipinski definition) is 1. The molecule has 25 heavy (non-hydrogen) atoms. The van der Waals surface area contributed by atoms with Crippen molar-refractivity contribution >= 4 is 0 Å². The molecule has 0 radical (unpaired) electrons. The van der Waals surface area contributed by atoms with E-state index in [0.29, 0.717) is 35.0 Å². The lowest BCUT2D eigenvalue weighted by Gasteiger charge is -2.62. The lowest BCUT2D eigenvalue weighted by Crippen LogP contribution is -2.59. The summed E-state index contributed by atoms with van der Waals surface area (Å²) >= 11 is 0. The molecule has 0 saturated heterocycles. The van der Waals surface area contributed by atoms with Crippen LogP contribution in [0.5, 0.6) is 0 Å². The molecule has 5 aliphatic carbocycles. The van der Waals surface area contributed by atoms with E-state index in [-0.39, 0.29) is 23.0 Å². The maximum Gasteiger partial charge on any atom is 0.0683 e. The number of methoxy groups -OCH3 is 1. The molecule has 3 heteroatoms. The van der Waals surface area contributed by atoms with Crippen LogP contribution in [0.2, 0.25) is 0 Å². The third-order valence-electron chi connectivity index (χ3n) is 9.92. The molecule has 0 aromatic heterocycles. The molecule has 0 bridgehead atoms. The van der Waals surface area contributed by atoms with Gasteiger partial charge < -0.3 is 9.84 Å². The van der Waals surface area contributed by atoms with E-state index in [4.69, 9.17) is 4.74 Å². The van der Waals surface area contributed by atoms with Gasteiger partial charge in [0, 0.05) is 7.11 Å². The molecular formula is C22H33NO2. The van der Waals surface area contributed by atoms with Crippen LogP contribution in [0.1, 0.15) is 65.2 Å². The minimum Gasteiger partial charge on any atom is -0.390 e. The number of nitriles is 1. The van der Waals surface area contributed by atoms with Gasteiger partial charge in [0.2, 0.25) is 0 Å². The molecule has 5 fully saturated rings. The number of hydrogen-bond acceptors (Lipinski definition) is 3. The largest absolute Gasteiger partial charge is 0.390 e. The molecule has 10 atom stereocenters. The molecule has 3 nitrogen and oxygen atoms in total.